The van der Waals surface area contributed by atoms with Crippen molar-refractivity contribution in [1.82, 2.24) is 5.32 Å². The quantitative estimate of drug-likeness (QED) is 0.588. The smallest absolute Gasteiger partial charge is 0.0806 e. The van der Waals surface area contributed by atoms with E-state index >= 15 is 0 Å². The van der Waals surface area contributed by atoms with E-state index in [0.29, 0.717) is 0 Å². The Bertz CT molecular complexity index is 188. The Hall–Kier alpha value is -0.0800. The van der Waals surface area contributed by atoms with Gasteiger partial charge in [-0.15, -0.1) is 0 Å². The van der Waals surface area contributed by atoms with Crippen LogP contribution in [0.1, 0.15) is 78.1 Å². The highest BCUT2D eigenvalue weighted by Crippen LogP contribution is 2.31. The van der Waals surface area contributed by atoms with Crippen molar-refractivity contribution in [1.29, 1.82) is 0 Å². The molecule has 0 saturated heterocycles. The first-order valence-electron chi connectivity index (χ1n) is 8.17. The van der Waals surface area contributed by atoms with Gasteiger partial charge in [-0.2, -0.15) is 0 Å². The molecule has 108 valence electrons. The number of unbranched alkanes of at least 4 members (excludes halogenated alkanes) is 3. The maximum absolute atomic E-state index is 6.30. The van der Waals surface area contributed by atoms with Gasteiger partial charge in [-0.3, -0.25) is 0 Å². The van der Waals surface area contributed by atoms with E-state index < -0.39 is 0 Å². The summed E-state index contributed by atoms with van der Waals surface area (Å²) in [6, 6.07) is 0. The molecule has 0 amide bonds. The van der Waals surface area contributed by atoms with Gasteiger partial charge in [0, 0.05) is 13.2 Å². The standard InChI is InChI=1S/C16H33NO/c1-3-5-6-10-14-18-16(15-17-13-4-2)11-8-7-9-12-16/h17H,3-15H2,1-2H3. The zero-order valence-electron chi connectivity index (χ0n) is 12.6. The Kier molecular flexibility index (Phi) is 8.70. The van der Waals surface area contributed by atoms with Crippen LogP contribution >= 0.6 is 0 Å². The Morgan fingerprint density at radius 1 is 0.944 bits per heavy atom. The van der Waals surface area contributed by atoms with Crippen molar-refractivity contribution < 1.29 is 4.74 Å². The monoisotopic (exact) mass is 255 g/mol. The highest BCUT2D eigenvalue weighted by molar-refractivity contribution is 4.86. The average molecular weight is 255 g/mol. The number of hydrogen-bond donors (Lipinski definition) is 1. The first kappa shape index (κ1) is 16.0. The van der Waals surface area contributed by atoms with Crippen LogP contribution in [0, 0.1) is 0 Å². The van der Waals surface area contributed by atoms with Crippen molar-refractivity contribution in [2.24, 2.45) is 0 Å². The Balaban J connectivity index is 2.25. The predicted octanol–water partition coefficient (Wildman–Crippen LogP) is 4.29. The van der Waals surface area contributed by atoms with Gasteiger partial charge >= 0.3 is 0 Å². The average Bonchev–Trinajstić information content (AvgIpc) is 2.40. The number of hydrogen-bond acceptors (Lipinski definition) is 2. The molecule has 2 nitrogen and oxygen atoms in total. The van der Waals surface area contributed by atoms with Gasteiger partial charge in [0.05, 0.1) is 5.60 Å². The predicted molar refractivity (Wildman–Crippen MR) is 79.1 cm³/mol. The van der Waals surface area contributed by atoms with Crippen LogP contribution in [0.15, 0.2) is 0 Å². The summed E-state index contributed by atoms with van der Waals surface area (Å²) in [6.07, 6.45) is 13.1. The van der Waals surface area contributed by atoms with Gasteiger partial charge in [-0.05, 0) is 32.2 Å². The molecule has 0 aliphatic heterocycles. The number of rotatable bonds is 10. The second kappa shape index (κ2) is 9.80. The Morgan fingerprint density at radius 3 is 2.39 bits per heavy atom. The van der Waals surface area contributed by atoms with Gasteiger partial charge in [0.15, 0.2) is 0 Å². The SMILES string of the molecule is CCCCCCOC1(CNCCC)CCCCC1. The van der Waals surface area contributed by atoms with Crippen molar-refractivity contribution in [2.45, 2.75) is 83.7 Å². The van der Waals surface area contributed by atoms with E-state index in [2.05, 4.69) is 19.2 Å². The zero-order chi connectivity index (χ0) is 13.1. The van der Waals surface area contributed by atoms with Gasteiger partial charge in [0.2, 0.25) is 0 Å². The molecule has 0 spiro atoms. The highest BCUT2D eigenvalue weighted by Gasteiger charge is 2.32. The summed E-state index contributed by atoms with van der Waals surface area (Å²) in [5.41, 5.74) is 0.166. The van der Waals surface area contributed by atoms with E-state index in [-0.39, 0.29) is 5.60 Å². The molecule has 1 rings (SSSR count). The van der Waals surface area contributed by atoms with E-state index in [0.717, 1.165) is 19.7 Å². The molecule has 1 aliphatic rings. The molecule has 0 aromatic carbocycles. The van der Waals surface area contributed by atoms with Crippen LogP contribution in [-0.2, 0) is 4.74 Å². The minimum Gasteiger partial charge on any atom is -0.374 e. The molecule has 1 N–H and O–H groups in total. The van der Waals surface area contributed by atoms with Gasteiger partial charge in [-0.1, -0.05) is 52.4 Å². The third kappa shape index (κ3) is 6.19. The summed E-state index contributed by atoms with van der Waals surface area (Å²) in [4.78, 5) is 0. The summed E-state index contributed by atoms with van der Waals surface area (Å²) in [6.45, 7) is 7.65. The fraction of sp³-hybridized carbons (Fsp3) is 1.00. The minimum atomic E-state index is 0.166. The van der Waals surface area contributed by atoms with E-state index in [1.54, 1.807) is 0 Å². The molecule has 0 heterocycles. The lowest BCUT2D eigenvalue weighted by Gasteiger charge is -2.37. The molecule has 0 unspecified atom stereocenters. The maximum Gasteiger partial charge on any atom is 0.0806 e. The van der Waals surface area contributed by atoms with Gasteiger partial charge in [0.25, 0.3) is 0 Å². The van der Waals surface area contributed by atoms with Gasteiger partial charge < -0.3 is 10.1 Å². The fourth-order valence-corrected chi connectivity index (χ4v) is 2.88. The van der Waals surface area contributed by atoms with Crippen molar-refractivity contribution in [2.75, 3.05) is 19.7 Å². The van der Waals surface area contributed by atoms with Crippen LogP contribution < -0.4 is 5.32 Å². The Morgan fingerprint density at radius 2 is 1.72 bits per heavy atom. The molecule has 18 heavy (non-hydrogen) atoms. The normalized spacial score (nSPS) is 19.0. The maximum atomic E-state index is 6.30. The van der Waals surface area contributed by atoms with Gasteiger partial charge in [0.1, 0.15) is 0 Å². The summed E-state index contributed by atoms with van der Waals surface area (Å²) in [7, 11) is 0. The zero-order valence-corrected chi connectivity index (χ0v) is 12.6. The first-order valence-corrected chi connectivity index (χ1v) is 8.17. The lowest BCUT2D eigenvalue weighted by Crippen LogP contribution is -2.45. The van der Waals surface area contributed by atoms with Crippen LogP contribution in [-0.4, -0.2) is 25.3 Å². The molecule has 1 saturated carbocycles. The molecule has 2 heteroatoms. The molecular weight excluding hydrogens is 222 g/mol. The molecule has 0 aromatic heterocycles. The highest BCUT2D eigenvalue weighted by atomic mass is 16.5. The summed E-state index contributed by atoms with van der Waals surface area (Å²) < 4.78 is 6.30. The van der Waals surface area contributed by atoms with Crippen LogP contribution in [0.5, 0.6) is 0 Å². The number of nitrogens with one attached hydrogen (secondary N) is 1. The molecule has 0 atom stereocenters. The third-order valence-corrected chi connectivity index (χ3v) is 4.04. The van der Waals surface area contributed by atoms with E-state index in [9.17, 15) is 0 Å². The lowest BCUT2D eigenvalue weighted by atomic mass is 9.84. The third-order valence-electron chi connectivity index (χ3n) is 4.04. The van der Waals surface area contributed by atoms with Crippen LogP contribution in [0.25, 0.3) is 0 Å². The summed E-state index contributed by atoms with van der Waals surface area (Å²) >= 11 is 0. The van der Waals surface area contributed by atoms with Crippen molar-refractivity contribution >= 4 is 0 Å². The molecule has 0 aromatic rings. The molecular formula is C16H33NO. The second-order valence-corrected chi connectivity index (χ2v) is 5.83. The second-order valence-electron chi connectivity index (χ2n) is 5.83. The van der Waals surface area contributed by atoms with E-state index in [4.69, 9.17) is 4.74 Å². The van der Waals surface area contributed by atoms with Crippen molar-refractivity contribution in [3.8, 4) is 0 Å². The number of ether oxygens (including phenoxy) is 1. The van der Waals surface area contributed by atoms with Crippen molar-refractivity contribution in [3.63, 3.8) is 0 Å². The minimum absolute atomic E-state index is 0.166. The van der Waals surface area contributed by atoms with Crippen LogP contribution in [0.4, 0.5) is 0 Å². The van der Waals surface area contributed by atoms with Gasteiger partial charge in [-0.25, -0.2) is 0 Å². The van der Waals surface area contributed by atoms with Crippen LogP contribution in [0.2, 0.25) is 0 Å². The summed E-state index contributed by atoms with van der Waals surface area (Å²) in [5.74, 6) is 0. The molecule has 0 bridgehead atoms. The molecule has 1 aliphatic carbocycles. The topological polar surface area (TPSA) is 21.3 Å². The van der Waals surface area contributed by atoms with Crippen molar-refractivity contribution in [3.05, 3.63) is 0 Å². The van der Waals surface area contributed by atoms with E-state index in [1.165, 1.54) is 64.2 Å². The summed E-state index contributed by atoms with van der Waals surface area (Å²) in [5, 5.41) is 3.57. The van der Waals surface area contributed by atoms with E-state index in [1.807, 2.05) is 0 Å². The lowest BCUT2D eigenvalue weighted by molar-refractivity contribution is -0.0695. The molecule has 0 radical (unpaired) electrons. The van der Waals surface area contributed by atoms with Crippen LogP contribution in [0.3, 0.4) is 0 Å². The first-order chi connectivity index (χ1) is 8.83. The largest absolute Gasteiger partial charge is 0.374 e. The molecule has 1 fully saturated rings. The fourth-order valence-electron chi connectivity index (χ4n) is 2.88. The Labute approximate surface area is 114 Å².